The molecule has 4 rings (SSSR count). The largest absolute Gasteiger partial charge is 0.329 e. The number of nitrogens with zero attached hydrogens (tertiary/aromatic N) is 2. The van der Waals surface area contributed by atoms with Crippen LogP contribution in [-0.4, -0.2) is 16.1 Å². The summed E-state index contributed by atoms with van der Waals surface area (Å²) in [6.07, 6.45) is 10.3. The molecule has 0 saturated heterocycles. The fraction of sp³-hybridized carbons (Fsp3) is 0.611. The monoisotopic (exact) mass is 283 g/mol. The molecule has 0 amide bonds. The number of rotatable bonds is 3. The summed E-state index contributed by atoms with van der Waals surface area (Å²) < 4.78 is 2.54. The molecular formula is C18H25N3. The normalized spacial score (nSPS) is 22.3. The highest BCUT2D eigenvalue weighted by molar-refractivity contribution is 5.76. The maximum Gasteiger partial charge on any atom is 0.117 e. The molecule has 3 nitrogen and oxygen atoms in total. The Bertz CT molecular complexity index is 631. The number of para-hydroxylation sites is 2. The Hall–Kier alpha value is -1.35. The molecule has 3 heteroatoms. The van der Waals surface area contributed by atoms with E-state index in [1.54, 1.807) is 0 Å². The number of fused-ring (bicyclic) bond motifs is 1. The second-order valence-corrected chi connectivity index (χ2v) is 6.92. The highest BCUT2D eigenvalue weighted by Crippen LogP contribution is 2.44. The van der Waals surface area contributed by atoms with E-state index in [2.05, 4.69) is 28.8 Å². The van der Waals surface area contributed by atoms with E-state index in [1.807, 2.05) is 0 Å². The number of imidazole rings is 1. The SMILES string of the molecule is NCC1(c2nc3ccccc3n2C2CC2)CCCCCC1. The molecule has 112 valence electrons. The van der Waals surface area contributed by atoms with Gasteiger partial charge in [0.2, 0.25) is 0 Å². The van der Waals surface area contributed by atoms with E-state index in [9.17, 15) is 0 Å². The zero-order valence-corrected chi connectivity index (χ0v) is 12.7. The van der Waals surface area contributed by atoms with Gasteiger partial charge in [0.1, 0.15) is 5.82 Å². The molecule has 0 radical (unpaired) electrons. The number of benzene rings is 1. The van der Waals surface area contributed by atoms with E-state index < -0.39 is 0 Å². The summed E-state index contributed by atoms with van der Waals surface area (Å²) in [6, 6.07) is 9.27. The van der Waals surface area contributed by atoms with Crippen molar-refractivity contribution in [1.82, 2.24) is 9.55 Å². The molecule has 1 aromatic heterocycles. The summed E-state index contributed by atoms with van der Waals surface area (Å²) in [4.78, 5) is 5.07. The van der Waals surface area contributed by atoms with Gasteiger partial charge in [-0.25, -0.2) is 4.98 Å². The summed E-state index contributed by atoms with van der Waals surface area (Å²) in [5.74, 6) is 1.29. The lowest BCUT2D eigenvalue weighted by Gasteiger charge is -2.31. The molecule has 1 aromatic carbocycles. The zero-order chi connectivity index (χ0) is 14.3. The van der Waals surface area contributed by atoms with Gasteiger partial charge in [0.25, 0.3) is 0 Å². The molecule has 0 bridgehead atoms. The molecule has 0 aliphatic heterocycles. The second-order valence-electron chi connectivity index (χ2n) is 6.92. The summed E-state index contributed by atoms with van der Waals surface area (Å²) in [7, 11) is 0. The van der Waals surface area contributed by atoms with Crippen LogP contribution in [0.25, 0.3) is 11.0 Å². The third-order valence-corrected chi connectivity index (χ3v) is 5.43. The minimum Gasteiger partial charge on any atom is -0.329 e. The van der Waals surface area contributed by atoms with Gasteiger partial charge >= 0.3 is 0 Å². The van der Waals surface area contributed by atoms with E-state index in [1.165, 1.54) is 62.7 Å². The van der Waals surface area contributed by atoms with E-state index in [0.29, 0.717) is 6.04 Å². The molecule has 2 aliphatic carbocycles. The Morgan fingerprint density at radius 3 is 2.48 bits per heavy atom. The van der Waals surface area contributed by atoms with Crippen LogP contribution in [0.3, 0.4) is 0 Å². The number of hydrogen-bond donors (Lipinski definition) is 1. The van der Waals surface area contributed by atoms with Crippen LogP contribution in [0.5, 0.6) is 0 Å². The second kappa shape index (κ2) is 5.13. The predicted octanol–water partition coefficient (Wildman–Crippen LogP) is 3.92. The first-order valence-corrected chi connectivity index (χ1v) is 8.52. The van der Waals surface area contributed by atoms with Gasteiger partial charge in [0.05, 0.1) is 11.0 Å². The average molecular weight is 283 g/mol. The minimum absolute atomic E-state index is 0.109. The lowest BCUT2D eigenvalue weighted by molar-refractivity contribution is 0.346. The van der Waals surface area contributed by atoms with Gasteiger partial charge in [-0.2, -0.15) is 0 Å². The van der Waals surface area contributed by atoms with Crippen LogP contribution >= 0.6 is 0 Å². The van der Waals surface area contributed by atoms with Crippen molar-refractivity contribution < 1.29 is 0 Å². The zero-order valence-electron chi connectivity index (χ0n) is 12.7. The van der Waals surface area contributed by atoms with Crippen molar-refractivity contribution in [3.05, 3.63) is 30.1 Å². The number of nitrogens with two attached hydrogens (primary N) is 1. The van der Waals surface area contributed by atoms with Crippen LogP contribution in [0.2, 0.25) is 0 Å². The Morgan fingerprint density at radius 1 is 1.10 bits per heavy atom. The van der Waals surface area contributed by atoms with Crippen molar-refractivity contribution in [3.63, 3.8) is 0 Å². The van der Waals surface area contributed by atoms with Crippen molar-refractivity contribution in [2.24, 2.45) is 5.73 Å². The van der Waals surface area contributed by atoms with E-state index in [0.717, 1.165) is 12.1 Å². The van der Waals surface area contributed by atoms with Crippen LogP contribution < -0.4 is 5.73 Å². The molecular weight excluding hydrogens is 258 g/mol. The van der Waals surface area contributed by atoms with Crippen LogP contribution in [0.4, 0.5) is 0 Å². The van der Waals surface area contributed by atoms with E-state index in [4.69, 9.17) is 10.7 Å². The maximum absolute atomic E-state index is 6.30. The van der Waals surface area contributed by atoms with Crippen molar-refractivity contribution >= 4 is 11.0 Å². The molecule has 2 saturated carbocycles. The Labute approximate surface area is 126 Å². The molecule has 0 unspecified atom stereocenters. The van der Waals surface area contributed by atoms with Crippen LogP contribution in [0.1, 0.15) is 63.2 Å². The summed E-state index contributed by atoms with van der Waals surface area (Å²) in [5, 5.41) is 0. The Morgan fingerprint density at radius 2 is 1.81 bits per heavy atom. The maximum atomic E-state index is 6.30. The van der Waals surface area contributed by atoms with Crippen LogP contribution in [0.15, 0.2) is 24.3 Å². The molecule has 0 spiro atoms. The van der Waals surface area contributed by atoms with Crippen molar-refractivity contribution in [2.45, 2.75) is 62.8 Å². The van der Waals surface area contributed by atoms with Gasteiger partial charge in [-0.15, -0.1) is 0 Å². The Balaban J connectivity index is 1.89. The number of hydrogen-bond acceptors (Lipinski definition) is 2. The topological polar surface area (TPSA) is 43.8 Å². The summed E-state index contributed by atoms with van der Waals surface area (Å²) >= 11 is 0. The summed E-state index contributed by atoms with van der Waals surface area (Å²) in [5.41, 5.74) is 8.87. The quantitative estimate of drug-likeness (QED) is 0.868. The lowest BCUT2D eigenvalue weighted by Crippen LogP contribution is -2.37. The molecule has 0 atom stereocenters. The van der Waals surface area contributed by atoms with Crippen molar-refractivity contribution in [2.75, 3.05) is 6.54 Å². The first-order valence-electron chi connectivity index (χ1n) is 8.52. The van der Waals surface area contributed by atoms with Gasteiger partial charge < -0.3 is 10.3 Å². The van der Waals surface area contributed by atoms with Crippen LogP contribution in [0, 0.1) is 0 Å². The Kier molecular flexibility index (Phi) is 3.26. The molecule has 2 N–H and O–H groups in total. The van der Waals surface area contributed by atoms with E-state index >= 15 is 0 Å². The molecule has 1 heterocycles. The number of aromatic nitrogens is 2. The first-order chi connectivity index (χ1) is 10.3. The lowest BCUT2D eigenvalue weighted by atomic mass is 9.79. The first kappa shape index (κ1) is 13.3. The highest BCUT2D eigenvalue weighted by atomic mass is 15.1. The molecule has 2 fully saturated rings. The smallest absolute Gasteiger partial charge is 0.117 e. The minimum atomic E-state index is 0.109. The fourth-order valence-corrected chi connectivity index (χ4v) is 4.05. The highest BCUT2D eigenvalue weighted by Gasteiger charge is 2.39. The van der Waals surface area contributed by atoms with Gasteiger partial charge in [-0.05, 0) is 37.8 Å². The van der Waals surface area contributed by atoms with Gasteiger partial charge in [0, 0.05) is 18.0 Å². The molecule has 2 aromatic rings. The van der Waals surface area contributed by atoms with Crippen LogP contribution in [-0.2, 0) is 5.41 Å². The van der Waals surface area contributed by atoms with Gasteiger partial charge in [0.15, 0.2) is 0 Å². The van der Waals surface area contributed by atoms with Gasteiger partial charge in [-0.3, -0.25) is 0 Å². The third kappa shape index (κ3) is 2.18. The summed E-state index contributed by atoms with van der Waals surface area (Å²) in [6.45, 7) is 0.739. The molecule has 2 aliphatic rings. The average Bonchev–Trinajstić information content (AvgIpc) is 3.32. The van der Waals surface area contributed by atoms with E-state index in [-0.39, 0.29) is 5.41 Å². The predicted molar refractivity (Wildman–Crippen MR) is 86.4 cm³/mol. The van der Waals surface area contributed by atoms with Gasteiger partial charge in [-0.1, -0.05) is 37.8 Å². The van der Waals surface area contributed by atoms with Crippen molar-refractivity contribution in [3.8, 4) is 0 Å². The standard InChI is InChI=1S/C18H25N3/c19-13-18(11-5-1-2-6-12-18)17-20-15-7-3-4-8-16(15)21(17)14-9-10-14/h3-4,7-8,14H,1-2,5-6,9-13,19H2. The van der Waals surface area contributed by atoms with Crippen molar-refractivity contribution in [1.29, 1.82) is 0 Å². The molecule has 21 heavy (non-hydrogen) atoms. The fourth-order valence-electron chi connectivity index (χ4n) is 4.05. The third-order valence-electron chi connectivity index (χ3n) is 5.43.